The summed E-state index contributed by atoms with van der Waals surface area (Å²) in [6.45, 7) is 5.70. The van der Waals surface area contributed by atoms with Gasteiger partial charge in [-0.1, -0.05) is 36.8 Å². The second kappa shape index (κ2) is 10.3. The zero-order chi connectivity index (χ0) is 25.4. The third-order valence-electron chi connectivity index (χ3n) is 8.25. The van der Waals surface area contributed by atoms with E-state index in [1.807, 2.05) is 4.90 Å². The van der Waals surface area contributed by atoms with Crippen LogP contribution in [0, 0.1) is 12.8 Å². The van der Waals surface area contributed by atoms with Crippen LogP contribution in [0.5, 0.6) is 0 Å². The molecule has 7 heteroatoms. The van der Waals surface area contributed by atoms with Gasteiger partial charge in [0.1, 0.15) is 5.82 Å². The van der Waals surface area contributed by atoms with Gasteiger partial charge in [0.25, 0.3) is 0 Å². The van der Waals surface area contributed by atoms with Gasteiger partial charge in [-0.15, -0.1) is 0 Å². The average molecular weight is 492 g/mol. The van der Waals surface area contributed by atoms with Crippen molar-refractivity contribution in [3.05, 3.63) is 64.5 Å². The first-order valence-corrected chi connectivity index (χ1v) is 13.1. The first kappa shape index (κ1) is 24.9. The lowest BCUT2D eigenvalue weighted by molar-refractivity contribution is -0.181. The molecule has 2 aromatic carbocycles. The molecule has 3 aromatic rings. The molecule has 5 rings (SSSR count). The van der Waals surface area contributed by atoms with Crippen molar-refractivity contribution in [3.63, 3.8) is 0 Å². The van der Waals surface area contributed by atoms with Crippen molar-refractivity contribution < 1.29 is 19.7 Å². The van der Waals surface area contributed by atoms with E-state index in [4.69, 9.17) is 9.72 Å². The Labute approximate surface area is 212 Å². The van der Waals surface area contributed by atoms with E-state index in [0.29, 0.717) is 13.0 Å². The second-order valence-corrected chi connectivity index (χ2v) is 10.6. The molecular weight excluding hydrogens is 454 g/mol. The number of hydrogen-bond donors (Lipinski definition) is 2. The molecule has 7 nitrogen and oxygen atoms in total. The van der Waals surface area contributed by atoms with Gasteiger partial charge in [-0.05, 0) is 74.3 Å². The molecule has 192 valence electrons. The SMILES string of the molecule is COC(O)N1CCc2ccc3c(nc([C@H]4CCC[C@H](C(=O)O)C4)n3[C@H](C)Cc3ccccc3C)c2C1. The predicted molar refractivity (Wildman–Crippen MR) is 139 cm³/mol. The molecule has 1 aromatic heterocycles. The first-order valence-electron chi connectivity index (χ1n) is 13.1. The number of aliphatic hydroxyl groups is 1. The third kappa shape index (κ3) is 4.67. The average Bonchev–Trinajstić information content (AvgIpc) is 3.29. The van der Waals surface area contributed by atoms with Crippen molar-refractivity contribution in [1.29, 1.82) is 0 Å². The zero-order valence-electron chi connectivity index (χ0n) is 21.5. The molecule has 0 bridgehead atoms. The summed E-state index contributed by atoms with van der Waals surface area (Å²) >= 11 is 0. The number of imidazole rings is 1. The maximum atomic E-state index is 11.9. The monoisotopic (exact) mass is 491 g/mol. The van der Waals surface area contributed by atoms with E-state index in [0.717, 1.165) is 61.1 Å². The van der Waals surface area contributed by atoms with Crippen LogP contribution in [0.1, 0.15) is 72.6 Å². The van der Waals surface area contributed by atoms with Crippen molar-refractivity contribution in [3.8, 4) is 0 Å². The van der Waals surface area contributed by atoms with Gasteiger partial charge in [-0.2, -0.15) is 0 Å². The van der Waals surface area contributed by atoms with Crippen molar-refractivity contribution in [2.24, 2.45) is 5.92 Å². The lowest BCUT2D eigenvalue weighted by Crippen LogP contribution is -2.40. The molecule has 4 atom stereocenters. The molecule has 0 amide bonds. The van der Waals surface area contributed by atoms with Gasteiger partial charge in [0.2, 0.25) is 6.41 Å². The Morgan fingerprint density at radius 2 is 2.03 bits per heavy atom. The smallest absolute Gasteiger partial charge is 0.306 e. The van der Waals surface area contributed by atoms with Crippen LogP contribution in [0.3, 0.4) is 0 Å². The highest BCUT2D eigenvalue weighted by Crippen LogP contribution is 2.40. The highest BCUT2D eigenvalue weighted by Gasteiger charge is 2.33. The number of carboxylic acid groups (broad SMARTS) is 1. The van der Waals surface area contributed by atoms with Crippen LogP contribution < -0.4 is 0 Å². The molecule has 1 unspecified atom stereocenters. The molecule has 0 radical (unpaired) electrons. The maximum absolute atomic E-state index is 11.9. The normalized spacial score (nSPS) is 22.3. The van der Waals surface area contributed by atoms with Crippen LogP contribution in [0.2, 0.25) is 0 Å². The second-order valence-electron chi connectivity index (χ2n) is 10.6. The van der Waals surface area contributed by atoms with Gasteiger partial charge in [0, 0.05) is 32.2 Å². The Balaban J connectivity index is 1.60. The van der Waals surface area contributed by atoms with Crippen molar-refractivity contribution >= 4 is 17.0 Å². The molecule has 2 N–H and O–H groups in total. The molecule has 0 saturated heterocycles. The Morgan fingerprint density at radius 3 is 2.78 bits per heavy atom. The Kier molecular flexibility index (Phi) is 7.15. The minimum Gasteiger partial charge on any atom is -0.481 e. The molecule has 1 fully saturated rings. The van der Waals surface area contributed by atoms with Crippen LogP contribution in [-0.2, 0) is 28.9 Å². The Bertz CT molecular complexity index is 1250. The Morgan fingerprint density at radius 1 is 1.22 bits per heavy atom. The number of nitrogens with zero attached hydrogens (tertiary/aromatic N) is 3. The molecule has 2 heterocycles. The van der Waals surface area contributed by atoms with Gasteiger partial charge in [-0.25, -0.2) is 4.98 Å². The third-order valence-corrected chi connectivity index (χ3v) is 8.25. The number of aliphatic carboxylic acids is 1. The number of carbonyl (C=O) groups is 1. The van der Waals surface area contributed by atoms with E-state index in [-0.39, 0.29) is 17.9 Å². The summed E-state index contributed by atoms with van der Waals surface area (Å²) < 4.78 is 7.57. The number of fused-ring (bicyclic) bond motifs is 3. The molecule has 2 aliphatic rings. The molecule has 1 aliphatic heterocycles. The molecule has 1 aliphatic carbocycles. The number of methoxy groups -OCH3 is 1. The summed E-state index contributed by atoms with van der Waals surface area (Å²) in [6, 6.07) is 13.1. The van der Waals surface area contributed by atoms with Crippen LogP contribution >= 0.6 is 0 Å². The summed E-state index contributed by atoms with van der Waals surface area (Å²) in [4.78, 5) is 19.1. The quantitative estimate of drug-likeness (QED) is 0.462. The van der Waals surface area contributed by atoms with E-state index in [9.17, 15) is 15.0 Å². The fourth-order valence-electron chi connectivity index (χ4n) is 6.22. The van der Waals surface area contributed by atoms with Crippen LogP contribution in [0.15, 0.2) is 36.4 Å². The number of benzene rings is 2. The van der Waals surface area contributed by atoms with E-state index in [2.05, 4.69) is 54.8 Å². The lowest BCUT2D eigenvalue weighted by atomic mass is 9.81. The van der Waals surface area contributed by atoms with Gasteiger partial charge >= 0.3 is 5.97 Å². The van der Waals surface area contributed by atoms with E-state index in [1.165, 1.54) is 23.8 Å². The van der Waals surface area contributed by atoms with Gasteiger partial charge in [0.15, 0.2) is 0 Å². The molecule has 0 spiro atoms. The largest absolute Gasteiger partial charge is 0.481 e. The lowest BCUT2D eigenvalue weighted by Gasteiger charge is -2.31. The highest BCUT2D eigenvalue weighted by molar-refractivity contribution is 5.82. The minimum atomic E-state index is -0.940. The van der Waals surface area contributed by atoms with Gasteiger partial charge < -0.3 is 19.5 Å². The van der Waals surface area contributed by atoms with E-state index in [1.54, 1.807) is 0 Å². The molecule has 1 saturated carbocycles. The van der Waals surface area contributed by atoms with Crippen LogP contribution in [0.25, 0.3) is 11.0 Å². The summed E-state index contributed by atoms with van der Waals surface area (Å²) in [7, 11) is 1.52. The number of aromatic nitrogens is 2. The zero-order valence-corrected chi connectivity index (χ0v) is 21.5. The fraction of sp³-hybridized carbons (Fsp3) is 0.517. The Hall–Kier alpha value is -2.74. The van der Waals surface area contributed by atoms with Gasteiger partial charge in [0.05, 0.1) is 17.0 Å². The van der Waals surface area contributed by atoms with E-state index >= 15 is 0 Å². The van der Waals surface area contributed by atoms with E-state index < -0.39 is 12.4 Å². The highest BCUT2D eigenvalue weighted by atomic mass is 16.6. The number of aliphatic hydroxyl groups excluding tert-OH is 1. The molecular formula is C29H37N3O4. The van der Waals surface area contributed by atoms with Gasteiger partial charge in [-0.3, -0.25) is 9.69 Å². The van der Waals surface area contributed by atoms with Crippen molar-refractivity contribution in [2.45, 2.75) is 77.3 Å². The fourth-order valence-corrected chi connectivity index (χ4v) is 6.22. The number of carboxylic acids is 1. The summed E-state index contributed by atoms with van der Waals surface area (Å²) in [5.41, 5.74) is 7.07. The number of rotatable bonds is 7. The topological polar surface area (TPSA) is 87.8 Å². The summed E-state index contributed by atoms with van der Waals surface area (Å²) in [5.74, 6) is 0.114. The van der Waals surface area contributed by atoms with Crippen LogP contribution in [0.4, 0.5) is 0 Å². The van der Waals surface area contributed by atoms with Crippen molar-refractivity contribution in [1.82, 2.24) is 14.5 Å². The number of aryl methyl sites for hydroxylation is 1. The summed E-state index contributed by atoms with van der Waals surface area (Å²) in [6.07, 6.45) is 4.01. The van der Waals surface area contributed by atoms with Crippen LogP contribution in [-0.4, -0.2) is 50.7 Å². The molecule has 36 heavy (non-hydrogen) atoms. The minimum absolute atomic E-state index is 0.117. The summed E-state index contributed by atoms with van der Waals surface area (Å²) in [5, 5.41) is 20.1. The predicted octanol–water partition coefficient (Wildman–Crippen LogP) is 4.79. The number of hydrogen-bond acceptors (Lipinski definition) is 5. The van der Waals surface area contributed by atoms with Crippen molar-refractivity contribution in [2.75, 3.05) is 13.7 Å². The maximum Gasteiger partial charge on any atom is 0.306 e. The number of ether oxygens (including phenoxy) is 1. The standard InChI is InChI=1S/C29H37N3O4/c1-18-7-4-5-8-21(18)15-19(2)32-25-12-11-20-13-14-31(29(35)36-3)17-24(20)26(25)30-27(32)22-9-6-10-23(16-22)28(33)34/h4-5,7-8,11-12,19,22-23,29,35H,6,9-10,13-17H2,1-3H3,(H,33,34)/t19-,22+,23+,29?/m1/s1. The first-order chi connectivity index (χ1) is 17.4.